The van der Waals surface area contributed by atoms with Crippen molar-refractivity contribution < 1.29 is 14.6 Å². The number of halogens is 1. The number of hydrogen-bond acceptors (Lipinski definition) is 3. The summed E-state index contributed by atoms with van der Waals surface area (Å²) in [6, 6.07) is 7.53. The number of hydrogen-bond donors (Lipinski definition) is 2. The molecular weight excluding hydrogens is 262 g/mol. The lowest BCUT2D eigenvalue weighted by Crippen LogP contribution is -2.27. The molecule has 0 bridgehead atoms. The predicted octanol–water partition coefficient (Wildman–Crippen LogP) is 1.45. The van der Waals surface area contributed by atoms with Gasteiger partial charge < -0.3 is 15.6 Å². The van der Waals surface area contributed by atoms with Crippen LogP contribution < -0.4 is 5.73 Å². The zero-order chi connectivity index (χ0) is 11.3. The number of amides is 1. The smallest absolute Gasteiger partial charge is 0.404 e. The van der Waals surface area contributed by atoms with E-state index in [0.29, 0.717) is 6.42 Å². The first-order chi connectivity index (χ1) is 7.13. The molecule has 1 unspecified atom stereocenters. The summed E-state index contributed by atoms with van der Waals surface area (Å²) in [6.45, 7) is -0.246. The normalized spacial score (nSPS) is 12.1. The third-order valence-electron chi connectivity index (χ3n) is 1.89. The summed E-state index contributed by atoms with van der Waals surface area (Å²) in [6.07, 6.45) is -1.04. The summed E-state index contributed by atoms with van der Waals surface area (Å²) in [5, 5.41) is 8.98. The van der Waals surface area contributed by atoms with Crippen molar-refractivity contribution in [3.05, 3.63) is 34.3 Å². The molecule has 0 spiro atoms. The van der Waals surface area contributed by atoms with Gasteiger partial charge in [0, 0.05) is 10.9 Å². The largest absolute Gasteiger partial charge is 0.444 e. The number of ether oxygens (including phenoxy) is 1. The highest BCUT2D eigenvalue weighted by molar-refractivity contribution is 9.10. The van der Waals surface area contributed by atoms with Crippen molar-refractivity contribution >= 4 is 22.0 Å². The Morgan fingerprint density at radius 1 is 1.53 bits per heavy atom. The van der Waals surface area contributed by atoms with Crippen LogP contribution in [0.4, 0.5) is 4.79 Å². The van der Waals surface area contributed by atoms with Crippen molar-refractivity contribution in [3.8, 4) is 0 Å². The van der Waals surface area contributed by atoms with Gasteiger partial charge in [0.25, 0.3) is 0 Å². The van der Waals surface area contributed by atoms with Crippen LogP contribution in [0.15, 0.2) is 28.7 Å². The van der Waals surface area contributed by atoms with Crippen LogP contribution in [-0.2, 0) is 11.2 Å². The molecule has 82 valence electrons. The quantitative estimate of drug-likeness (QED) is 0.872. The molecule has 3 N–H and O–H groups in total. The maximum Gasteiger partial charge on any atom is 0.404 e. The molecule has 0 aliphatic carbocycles. The van der Waals surface area contributed by atoms with E-state index < -0.39 is 12.2 Å². The molecule has 1 aromatic rings. The van der Waals surface area contributed by atoms with Gasteiger partial charge in [-0.3, -0.25) is 0 Å². The van der Waals surface area contributed by atoms with Gasteiger partial charge >= 0.3 is 6.09 Å². The number of aliphatic hydroxyl groups excluding tert-OH is 1. The fourth-order valence-electron chi connectivity index (χ4n) is 1.22. The standard InChI is InChI=1S/C10H12BrNO3/c11-9-4-2-1-3-7(9)5-8(6-13)15-10(12)14/h1-4,8,13H,5-6H2,(H2,12,14). The molecule has 15 heavy (non-hydrogen) atoms. The predicted molar refractivity (Wildman–Crippen MR) is 59.4 cm³/mol. The third kappa shape index (κ3) is 3.89. The molecule has 0 radical (unpaired) electrons. The van der Waals surface area contributed by atoms with Crippen molar-refractivity contribution in [2.45, 2.75) is 12.5 Å². The van der Waals surface area contributed by atoms with Crippen LogP contribution in [0.25, 0.3) is 0 Å². The minimum atomic E-state index is -0.874. The van der Waals surface area contributed by atoms with Gasteiger partial charge in [0.15, 0.2) is 0 Å². The summed E-state index contributed by atoms with van der Waals surface area (Å²) in [5.74, 6) is 0. The van der Waals surface area contributed by atoms with Gasteiger partial charge in [0.1, 0.15) is 6.10 Å². The fourth-order valence-corrected chi connectivity index (χ4v) is 1.66. The average molecular weight is 274 g/mol. The molecule has 0 aromatic heterocycles. The summed E-state index contributed by atoms with van der Waals surface area (Å²) in [4.78, 5) is 10.5. The maximum atomic E-state index is 10.5. The zero-order valence-electron chi connectivity index (χ0n) is 8.02. The third-order valence-corrected chi connectivity index (χ3v) is 2.67. The Morgan fingerprint density at radius 2 is 2.20 bits per heavy atom. The SMILES string of the molecule is NC(=O)OC(CO)Cc1ccccc1Br. The Labute approximate surface area is 96.2 Å². The van der Waals surface area contributed by atoms with Crippen molar-refractivity contribution in [3.63, 3.8) is 0 Å². The summed E-state index contributed by atoms with van der Waals surface area (Å²) < 4.78 is 5.64. The number of nitrogens with two attached hydrogens (primary N) is 1. The van der Waals surface area contributed by atoms with Gasteiger partial charge in [0.2, 0.25) is 0 Å². The van der Waals surface area contributed by atoms with Crippen molar-refractivity contribution in [2.24, 2.45) is 5.73 Å². The zero-order valence-corrected chi connectivity index (χ0v) is 9.61. The topological polar surface area (TPSA) is 72.6 Å². The van der Waals surface area contributed by atoms with E-state index in [4.69, 9.17) is 15.6 Å². The van der Waals surface area contributed by atoms with Crippen molar-refractivity contribution in [1.29, 1.82) is 0 Å². The van der Waals surface area contributed by atoms with Crippen LogP contribution in [0, 0.1) is 0 Å². The highest BCUT2D eigenvalue weighted by Gasteiger charge is 2.13. The van der Waals surface area contributed by atoms with Crippen LogP contribution in [-0.4, -0.2) is 23.9 Å². The van der Waals surface area contributed by atoms with Gasteiger partial charge in [-0.15, -0.1) is 0 Å². The van der Waals surface area contributed by atoms with Crippen LogP contribution in [0.5, 0.6) is 0 Å². The lowest BCUT2D eigenvalue weighted by atomic mass is 10.1. The highest BCUT2D eigenvalue weighted by Crippen LogP contribution is 2.18. The molecule has 0 saturated heterocycles. The number of rotatable bonds is 4. The molecule has 0 aliphatic rings. The summed E-state index contributed by atoms with van der Waals surface area (Å²) >= 11 is 3.37. The van der Waals surface area contributed by atoms with Gasteiger partial charge in [-0.2, -0.15) is 0 Å². The molecule has 0 fully saturated rings. The molecule has 1 rings (SSSR count). The first-order valence-corrected chi connectivity index (χ1v) is 5.23. The Hall–Kier alpha value is -1.07. The first kappa shape index (κ1) is 12.0. The van der Waals surface area contributed by atoms with Crippen molar-refractivity contribution in [1.82, 2.24) is 0 Å². The number of carbonyl (C=O) groups excluding carboxylic acids is 1. The Balaban J connectivity index is 2.66. The van der Waals surface area contributed by atoms with Crippen molar-refractivity contribution in [2.75, 3.05) is 6.61 Å². The number of primary amides is 1. The van der Waals surface area contributed by atoms with Gasteiger partial charge in [-0.1, -0.05) is 34.1 Å². The molecule has 1 aromatic carbocycles. The molecule has 5 heteroatoms. The van der Waals surface area contributed by atoms with Gasteiger partial charge in [0.05, 0.1) is 6.61 Å². The second-order valence-corrected chi connectivity index (χ2v) is 3.89. The average Bonchev–Trinajstić information content (AvgIpc) is 2.19. The minimum absolute atomic E-state index is 0.246. The van der Waals surface area contributed by atoms with E-state index in [2.05, 4.69) is 15.9 Å². The highest BCUT2D eigenvalue weighted by atomic mass is 79.9. The first-order valence-electron chi connectivity index (χ1n) is 4.44. The Bertz CT molecular complexity index is 343. The molecule has 0 aliphatic heterocycles. The second kappa shape index (κ2) is 5.72. The Morgan fingerprint density at radius 3 is 2.73 bits per heavy atom. The van der Waals surface area contributed by atoms with E-state index in [1.165, 1.54) is 0 Å². The number of carbonyl (C=O) groups is 1. The molecule has 1 atom stereocenters. The van der Waals surface area contributed by atoms with E-state index >= 15 is 0 Å². The lowest BCUT2D eigenvalue weighted by molar-refractivity contribution is 0.0638. The molecule has 0 saturated carbocycles. The van der Waals surface area contributed by atoms with E-state index in [1.807, 2.05) is 24.3 Å². The second-order valence-electron chi connectivity index (χ2n) is 3.04. The summed E-state index contributed by atoms with van der Waals surface area (Å²) in [5.41, 5.74) is 5.83. The van der Waals surface area contributed by atoms with E-state index in [9.17, 15) is 4.79 Å². The number of aliphatic hydroxyl groups is 1. The number of benzene rings is 1. The lowest BCUT2D eigenvalue weighted by Gasteiger charge is -2.14. The molecule has 4 nitrogen and oxygen atoms in total. The fraction of sp³-hybridized carbons (Fsp3) is 0.300. The van der Waals surface area contributed by atoms with Crippen LogP contribution in [0.3, 0.4) is 0 Å². The van der Waals surface area contributed by atoms with Crippen LogP contribution >= 0.6 is 15.9 Å². The summed E-state index contributed by atoms with van der Waals surface area (Å²) in [7, 11) is 0. The molecular formula is C10H12BrNO3. The van der Waals surface area contributed by atoms with E-state index in [-0.39, 0.29) is 6.61 Å². The van der Waals surface area contributed by atoms with Gasteiger partial charge in [-0.05, 0) is 11.6 Å². The van der Waals surface area contributed by atoms with Crippen LogP contribution in [0.1, 0.15) is 5.56 Å². The Kier molecular flexibility index (Phi) is 4.58. The minimum Gasteiger partial charge on any atom is -0.444 e. The monoisotopic (exact) mass is 273 g/mol. The van der Waals surface area contributed by atoms with Gasteiger partial charge in [-0.25, -0.2) is 4.79 Å². The van der Waals surface area contributed by atoms with E-state index in [0.717, 1.165) is 10.0 Å². The molecule has 0 heterocycles. The molecule has 1 amide bonds. The maximum absolute atomic E-state index is 10.5. The van der Waals surface area contributed by atoms with E-state index in [1.54, 1.807) is 0 Å². The van der Waals surface area contributed by atoms with Crippen LogP contribution in [0.2, 0.25) is 0 Å².